The monoisotopic (exact) mass is 184 g/mol. The molecule has 1 aliphatic rings. The molecule has 0 aromatic rings. The van der Waals surface area contributed by atoms with Crippen molar-refractivity contribution >= 4 is 0 Å². The number of nitrogens with zero attached hydrogens (tertiary/aromatic N) is 2. The van der Waals surface area contributed by atoms with Gasteiger partial charge in [0.25, 0.3) is 0 Å². The molecule has 1 fully saturated rings. The third-order valence-corrected chi connectivity index (χ3v) is 1.91. The maximum Gasteiger partial charge on any atom is 0.179 e. The normalized spacial score (nSPS) is 24.8. The third kappa shape index (κ3) is 5.52. The highest BCUT2D eigenvalue weighted by Crippen LogP contribution is 2.20. The number of hydrogen-bond donors (Lipinski definition) is 0. The van der Waals surface area contributed by atoms with E-state index in [0.29, 0.717) is 12.0 Å². The van der Waals surface area contributed by atoms with Crippen LogP contribution in [0.2, 0.25) is 0 Å². The summed E-state index contributed by atoms with van der Waals surface area (Å²) in [5.74, 6) is 0.708. The Bertz CT molecular complexity index is 138. The maximum absolute atomic E-state index is 8.53. The smallest absolute Gasteiger partial charge is 0.179 e. The fraction of sp³-hybridized carbons (Fsp3) is 0.909. The molecule has 0 N–H and O–H groups in total. The van der Waals surface area contributed by atoms with Crippen LogP contribution in [0.1, 0.15) is 48.0 Å². The van der Waals surface area contributed by atoms with E-state index in [0.717, 1.165) is 6.54 Å². The fourth-order valence-corrected chi connectivity index (χ4v) is 1.44. The van der Waals surface area contributed by atoms with E-state index in [1.54, 1.807) is 0 Å². The van der Waals surface area contributed by atoms with Crippen LogP contribution >= 0.6 is 0 Å². The number of likely N-dealkylation sites (tertiary alicyclic amines) is 1. The average molecular weight is 184 g/mol. The number of hydrogen-bond acceptors (Lipinski definition) is 2. The van der Waals surface area contributed by atoms with E-state index >= 15 is 0 Å². The lowest BCUT2D eigenvalue weighted by Crippen LogP contribution is -2.20. The summed E-state index contributed by atoms with van der Waals surface area (Å²) in [7, 11) is 0. The molecule has 13 heavy (non-hydrogen) atoms. The Kier molecular flexibility index (Phi) is 10.7. The Hall–Kier alpha value is -0.710. The first-order valence-corrected chi connectivity index (χ1v) is 5.40. The molecule has 2 heteroatoms. The first-order valence-electron chi connectivity index (χ1n) is 5.40. The van der Waals surface area contributed by atoms with E-state index in [2.05, 4.69) is 20.0 Å². The second-order valence-corrected chi connectivity index (χ2v) is 2.94. The van der Waals surface area contributed by atoms with E-state index in [1.807, 2.05) is 32.6 Å². The van der Waals surface area contributed by atoms with E-state index in [1.165, 1.54) is 6.42 Å². The fourth-order valence-electron chi connectivity index (χ4n) is 1.44. The van der Waals surface area contributed by atoms with Crippen molar-refractivity contribution in [3.63, 3.8) is 0 Å². The predicted octanol–water partition coefficient (Wildman–Crippen LogP) is 3.25. The van der Waals surface area contributed by atoms with Gasteiger partial charge >= 0.3 is 0 Å². The Balaban J connectivity index is 0. The molecule has 0 aromatic carbocycles. The van der Waals surface area contributed by atoms with Crippen molar-refractivity contribution in [2.24, 2.45) is 5.92 Å². The molecule has 1 heterocycles. The van der Waals surface area contributed by atoms with Gasteiger partial charge in [-0.05, 0) is 19.3 Å². The summed E-state index contributed by atoms with van der Waals surface area (Å²) in [6, 6.07) is 0.477. The van der Waals surface area contributed by atoms with E-state index in [-0.39, 0.29) is 0 Å². The van der Waals surface area contributed by atoms with Crippen molar-refractivity contribution in [1.82, 2.24) is 4.90 Å². The van der Waals surface area contributed by atoms with Gasteiger partial charge in [0.2, 0.25) is 0 Å². The maximum atomic E-state index is 8.53. The molecule has 0 aromatic heterocycles. The molecule has 78 valence electrons. The molecular weight excluding hydrogens is 160 g/mol. The highest BCUT2D eigenvalue weighted by Gasteiger charge is 2.24. The van der Waals surface area contributed by atoms with Crippen LogP contribution in [0.5, 0.6) is 0 Å². The minimum Gasteiger partial charge on any atom is -0.308 e. The van der Waals surface area contributed by atoms with Crippen LogP contribution in [-0.4, -0.2) is 17.5 Å². The summed E-state index contributed by atoms with van der Waals surface area (Å²) >= 11 is 0. The third-order valence-electron chi connectivity index (χ3n) is 1.91. The van der Waals surface area contributed by atoms with E-state index in [9.17, 15) is 0 Å². The van der Waals surface area contributed by atoms with Gasteiger partial charge in [-0.1, -0.05) is 34.6 Å². The van der Waals surface area contributed by atoms with Crippen LogP contribution < -0.4 is 0 Å². The molecule has 0 bridgehead atoms. The lowest BCUT2D eigenvalue weighted by Gasteiger charge is -2.11. The first kappa shape index (κ1) is 14.8. The molecule has 2 nitrogen and oxygen atoms in total. The molecule has 1 rings (SSSR count). The molecular formula is C11H24N2. The molecule has 0 saturated carbocycles. The van der Waals surface area contributed by atoms with Gasteiger partial charge in [0.1, 0.15) is 0 Å². The zero-order valence-electron chi connectivity index (χ0n) is 9.96. The van der Waals surface area contributed by atoms with Crippen molar-refractivity contribution in [2.45, 2.75) is 54.0 Å². The van der Waals surface area contributed by atoms with Gasteiger partial charge in [-0.2, -0.15) is 5.26 Å². The zero-order valence-corrected chi connectivity index (χ0v) is 9.96. The second-order valence-electron chi connectivity index (χ2n) is 2.94. The predicted molar refractivity (Wildman–Crippen MR) is 58.3 cm³/mol. The molecule has 2 unspecified atom stereocenters. The molecule has 0 spiro atoms. The van der Waals surface area contributed by atoms with Gasteiger partial charge in [-0.3, -0.25) is 0 Å². The van der Waals surface area contributed by atoms with Crippen molar-refractivity contribution in [1.29, 1.82) is 5.26 Å². The number of rotatable bonds is 0. The second kappa shape index (κ2) is 9.38. The molecule has 0 aliphatic carbocycles. The van der Waals surface area contributed by atoms with Crippen LogP contribution in [0.15, 0.2) is 0 Å². The highest BCUT2D eigenvalue weighted by atomic mass is 15.2. The lowest BCUT2D eigenvalue weighted by molar-refractivity contribution is 0.384. The van der Waals surface area contributed by atoms with Gasteiger partial charge < -0.3 is 4.90 Å². The molecule has 2 atom stereocenters. The molecule has 0 radical (unpaired) electrons. The summed E-state index contributed by atoms with van der Waals surface area (Å²) in [5, 5.41) is 8.53. The zero-order chi connectivity index (χ0) is 10.9. The summed E-state index contributed by atoms with van der Waals surface area (Å²) in [4.78, 5) is 1.85. The SMILES string of the molecule is CC.CC.CC1CC(C)N(C#N)C1. The van der Waals surface area contributed by atoms with Gasteiger partial charge in [-0.15, -0.1) is 0 Å². The molecule has 1 saturated heterocycles. The summed E-state index contributed by atoms with van der Waals surface area (Å²) in [5.41, 5.74) is 0. The Morgan fingerprint density at radius 3 is 1.77 bits per heavy atom. The molecule has 1 aliphatic heterocycles. The van der Waals surface area contributed by atoms with Gasteiger partial charge in [0, 0.05) is 12.6 Å². The van der Waals surface area contributed by atoms with Crippen molar-refractivity contribution < 1.29 is 0 Å². The Morgan fingerprint density at radius 2 is 1.62 bits per heavy atom. The van der Waals surface area contributed by atoms with Crippen LogP contribution in [0.3, 0.4) is 0 Å². The van der Waals surface area contributed by atoms with Crippen molar-refractivity contribution in [3.05, 3.63) is 0 Å². The standard InChI is InChI=1S/C7H12N2.2C2H6/c1-6-3-7(2)9(4-6)5-8;2*1-2/h6-7H,3-4H2,1-2H3;2*1-2H3. The average Bonchev–Trinajstić information content (AvgIpc) is 2.51. The van der Waals surface area contributed by atoms with Crippen LogP contribution in [0.4, 0.5) is 0 Å². The van der Waals surface area contributed by atoms with Crippen LogP contribution in [0.25, 0.3) is 0 Å². The summed E-state index contributed by atoms with van der Waals surface area (Å²) in [6.07, 6.45) is 3.35. The minimum atomic E-state index is 0.477. The van der Waals surface area contributed by atoms with Crippen LogP contribution in [0, 0.1) is 17.4 Å². The van der Waals surface area contributed by atoms with Gasteiger partial charge in [0.15, 0.2) is 6.19 Å². The van der Waals surface area contributed by atoms with Crippen molar-refractivity contribution in [3.8, 4) is 6.19 Å². The van der Waals surface area contributed by atoms with Gasteiger partial charge in [-0.25, -0.2) is 0 Å². The largest absolute Gasteiger partial charge is 0.308 e. The summed E-state index contributed by atoms with van der Waals surface area (Å²) < 4.78 is 0. The van der Waals surface area contributed by atoms with Crippen LogP contribution in [-0.2, 0) is 0 Å². The quantitative estimate of drug-likeness (QED) is 0.540. The van der Waals surface area contributed by atoms with Crippen molar-refractivity contribution in [2.75, 3.05) is 6.54 Å². The lowest BCUT2D eigenvalue weighted by atomic mass is 10.1. The van der Waals surface area contributed by atoms with E-state index < -0.39 is 0 Å². The van der Waals surface area contributed by atoms with Gasteiger partial charge in [0.05, 0.1) is 0 Å². The summed E-state index contributed by atoms with van der Waals surface area (Å²) in [6.45, 7) is 13.2. The molecule has 0 amide bonds. The Labute approximate surface area is 83.5 Å². The van der Waals surface area contributed by atoms with E-state index in [4.69, 9.17) is 5.26 Å². The highest BCUT2D eigenvalue weighted by molar-refractivity contribution is 4.88. The topological polar surface area (TPSA) is 27.0 Å². The number of nitriles is 1. The Morgan fingerprint density at radius 1 is 1.15 bits per heavy atom. The first-order chi connectivity index (χ1) is 6.24. The minimum absolute atomic E-state index is 0.477.